The predicted molar refractivity (Wildman–Crippen MR) is 73.6 cm³/mol. The van der Waals surface area contributed by atoms with Gasteiger partial charge in [0.2, 0.25) is 0 Å². The molecule has 0 spiro atoms. The molecular weight excluding hydrogens is 192 g/mol. The van der Waals surface area contributed by atoms with Crippen molar-refractivity contribution in [1.82, 2.24) is 0 Å². The van der Waals surface area contributed by atoms with Crippen molar-refractivity contribution in [3.8, 4) is 0 Å². The van der Waals surface area contributed by atoms with Gasteiger partial charge in [0.05, 0.1) is 0 Å². The molecule has 0 unspecified atom stereocenters. The molecule has 0 saturated carbocycles. The van der Waals surface area contributed by atoms with Crippen LogP contribution in [0.1, 0.15) is 96.8 Å². The van der Waals surface area contributed by atoms with E-state index in [0.29, 0.717) is 6.42 Å². The largest absolute Gasteiger partial charge is 0.0654 e. The zero-order valence-corrected chi connectivity index (χ0v) is 11.4. The van der Waals surface area contributed by atoms with Crippen molar-refractivity contribution < 1.29 is 0 Å². The van der Waals surface area contributed by atoms with E-state index in [1.165, 1.54) is 77.0 Å². The third-order valence-electron chi connectivity index (χ3n) is 3.28. The lowest BCUT2D eigenvalue weighted by atomic mass is 10.0. The Hall–Kier alpha value is 0. The first-order chi connectivity index (χ1) is 7.91. The summed E-state index contributed by atoms with van der Waals surface area (Å²) in [6.45, 7) is 9.32. The Morgan fingerprint density at radius 3 is 1.12 bits per heavy atom. The summed E-state index contributed by atoms with van der Waals surface area (Å²) in [5.74, 6) is 0. The molecule has 0 aromatic heterocycles. The van der Waals surface area contributed by atoms with Gasteiger partial charge in [-0.3, -0.25) is 0 Å². The summed E-state index contributed by atoms with van der Waals surface area (Å²) < 4.78 is 0. The van der Waals surface area contributed by atoms with Crippen molar-refractivity contribution in [3.63, 3.8) is 0 Å². The van der Waals surface area contributed by atoms with Gasteiger partial charge >= 0.3 is 0 Å². The molecule has 0 heterocycles. The molecule has 0 nitrogen and oxygen atoms in total. The number of rotatable bonds is 13. The normalized spacial score (nSPS) is 10.9. The van der Waals surface area contributed by atoms with Gasteiger partial charge in [-0.25, -0.2) is 0 Å². The van der Waals surface area contributed by atoms with E-state index in [1.54, 1.807) is 0 Å². The second-order valence-corrected chi connectivity index (χ2v) is 4.99. The summed E-state index contributed by atoms with van der Waals surface area (Å²) in [4.78, 5) is 0. The molecule has 0 aliphatic heterocycles. The first kappa shape index (κ1) is 16.0. The average molecular weight is 223 g/mol. The van der Waals surface area contributed by atoms with E-state index in [1.807, 2.05) is 0 Å². The molecule has 0 N–H and O–H groups in total. The van der Waals surface area contributed by atoms with Crippen molar-refractivity contribution >= 4 is 0 Å². The molecule has 0 saturated heterocycles. The van der Waals surface area contributed by atoms with Crippen LogP contribution in [0.2, 0.25) is 0 Å². The van der Waals surface area contributed by atoms with Gasteiger partial charge in [0.25, 0.3) is 0 Å². The standard InChI is InChI=1S/C16H31/c1-3-5-7-9-11-13-15-16-14-12-10-8-6-4-2/h3-16H2,1H3. The lowest BCUT2D eigenvalue weighted by molar-refractivity contribution is 0.540. The highest BCUT2D eigenvalue weighted by Gasteiger charge is 1.92. The Bertz CT molecular complexity index is 92.6. The molecule has 0 rings (SSSR count). The van der Waals surface area contributed by atoms with Crippen molar-refractivity contribution in [2.75, 3.05) is 0 Å². The zero-order valence-electron chi connectivity index (χ0n) is 11.4. The summed E-state index contributed by atoms with van der Waals surface area (Å²) in [7, 11) is 0. The van der Waals surface area contributed by atoms with Gasteiger partial charge in [-0.1, -0.05) is 90.4 Å². The van der Waals surface area contributed by atoms with Gasteiger partial charge in [-0.15, -0.1) is 0 Å². The van der Waals surface area contributed by atoms with Crippen LogP contribution in [0.3, 0.4) is 0 Å². The highest BCUT2D eigenvalue weighted by molar-refractivity contribution is 4.49. The maximum absolute atomic E-state index is 7.04. The van der Waals surface area contributed by atoms with E-state index in [9.17, 15) is 0 Å². The van der Waals surface area contributed by atoms with Gasteiger partial charge in [-0.2, -0.15) is 0 Å². The zero-order chi connectivity index (χ0) is 11.9. The fraction of sp³-hybridized carbons (Fsp3) is 0.938. The molecule has 95 valence electrons. The molecule has 0 aliphatic carbocycles. The molecule has 0 bridgehead atoms. The van der Waals surface area contributed by atoms with Crippen LogP contribution in [0.15, 0.2) is 0 Å². The molecule has 0 aromatic carbocycles. The summed E-state index contributed by atoms with van der Waals surface area (Å²) in [5, 5.41) is 0. The topological polar surface area (TPSA) is 0 Å². The number of unbranched alkanes of at least 4 members (excludes halogenated alkanes) is 13. The minimum Gasteiger partial charge on any atom is -0.0654 e. The summed E-state index contributed by atoms with van der Waals surface area (Å²) in [6, 6.07) is 0. The lowest BCUT2D eigenvalue weighted by Gasteiger charge is -2.02. The molecule has 16 heavy (non-hydrogen) atoms. The van der Waals surface area contributed by atoms with Crippen LogP contribution in [-0.4, -0.2) is 0 Å². The smallest absolute Gasteiger partial charge is 0.00936 e. The SMILES string of the molecule is [C]CCCCCCCCCCCCCCC. The van der Waals surface area contributed by atoms with Crippen molar-refractivity contribution in [3.05, 3.63) is 6.92 Å². The van der Waals surface area contributed by atoms with Gasteiger partial charge in [-0.05, 0) is 13.3 Å². The minimum atomic E-state index is 0.623. The van der Waals surface area contributed by atoms with E-state index in [4.69, 9.17) is 6.92 Å². The Labute approximate surface area is 104 Å². The van der Waals surface area contributed by atoms with Gasteiger partial charge in [0, 0.05) is 0 Å². The van der Waals surface area contributed by atoms with Crippen LogP contribution in [0.5, 0.6) is 0 Å². The molecular formula is C16H31. The minimum absolute atomic E-state index is 0.623. The lowest BCUT2D eigenvalue weighted by Crippen LogP contribution is -1.82. The van der Waals surface area contributed by atoms with Gasteiger partial charge in [0.15, 0.2) is 0 Å². The van der Waals surface area contributed by atoms with Gasteiger partial charge in [0.1, 0.15) is 0 Å². The van der Waals surface area contributed by atoms with E-state index in [0.717, 1.165) is 6.42 Å². The van der Waals surface area contributed by atoms with E-state index >= 15 is 0 Å². The first-order valence-electron chi connectivity index (χ1n) is 7.56. The van der Waals surface area contributed by atoms with Crippen LogP contribution in [0.4, 0.5) is 0 Å². The fourth-order valence-electron chi connectivity index (χ4n) is 2.14. The van der Waals surface area contributed by atoms with Crippen LogP contribution < -0.4 is 0 Å². The highest BCUT2D eigenvalue weighted by Crippen LogP contribution is 2.12. The summed E-state index contributed by atoms with van der Waals surface area (Å²) in [6.07, 6.45) is 18.7. The maximum Gasteiger partial charge on any atom is -0.00936 e. The monoisotopic (exact) mass is 223 g/mol. The molecule has 0 atom stereocenters. The Morgan fingerprint density at radius 1 is 0.500 bits per heavy atom. The Kier molecular flexibility index (Phi) is 15.0. The molecule has 0 aliphatic rings. The fourth-order valence-corrected chi connectivity index (χ4v) is 2.14. The molecule has 0 fully saturated rings. The first-order valence-corrected chi connectivity index (χ1v) is 7.56. The quantitative estimate of drug-likeness (QED) is 0.333. The van der Waals surface area contributed by atoms with Crippen molar-refractivity contribution in [1.29, 1.82) is 0 Å². The van der Waals surface area contributed by atoms with Crippen molar-refractivity contribution in [2.24, 2.45) is 0 Å². The van der Waals surface area contributed by atoms with Crippen LogP contribution >= 0.6 is 0 Å². The van der Waals surface area contributed by atoms with Crippen LogP contribution in [0, 0.1) is 6.92 Å². The summed E-state index contributed by atoms with van der Waals surface area (Å²) in [5.41, 5.74) is 0. The van der Waals surface area contributed by atoms with E-state index in [2.05, 4.69) is 6.92 Å². The van der Waals surface area contributed by atoms with Crippen LogP contribution in [0.25, 0.3) is 0 Å². The predicted octanol–water partition coefficient (Wildman–Crippen LogP) is 6.06. The number of hydrogen-bond donors (Lipinski definition) is 0. The molecule has 3 radical (unpaired) electrons. The highest BCUT2D eigenvalue weighted by atomic mass is 14.0. The molecule has 0 amide bonds. The van der Waals surface area contributed by atoms with Gasteiger partial charge < -0.3 is 0 Å². The van der Waals surface area contributed by atoms with Crippen molar-refractivity contribution in [2.45, 2.75) is 96.8 Å². The average Bonchev–Trinajstić information content (AvgIpc) is 2.31. The van der Waals surface area contributed by atoms with E-state index < -0.39 is 0 Å². The second-order valence-electron chi connectivity index (χ2n) is 4.99. The second kappa shape index (κ2) is 15.0. The Balaban J connectivity index is 2.83. The molecule has 0 aromatic rings. The van der Waals surface area contributed by atoms with E-state index in [-0.39, 0.29) is 0 Å². The Morgan fingerprint density at radius 2 is 0.812 bits per heavy atom. The summed E-state index contributed by atoms with van der Waals surface area (Å²) >= 11 is 0. The third kappa shape index (κ3) is 14.0. The maximum atomic E-state index is 7.04. The molecule has 0 heteroatoms. The number of hydrogen-bond acceptors (Lipinski definition) is 0. The van der Waals surface area contributed by atoms with Crippen LogP contribution in [-0.2, 0) is 0 Å². The third-order valence-corrected chi connectivity index (χ3v) is 3.28.